The summed E-state index contributed by atoms with van der Waals surface area (Å²) in [7, 11) is 0. The third kappa shape index (κ3) is 1.88. The average molecular weight is 384 g/mol. The van der Waals surface area contributed by atoms with Crippen LogP contribution in [0.4, 0.5) is 0 Å². The van der Waals surface area contributed by atoms with Gasteiger partial charge in [0.2, 0.25) is 0 Å². The first-order chi connectivity index (χ1) is 8.84. The molecule has 0 N–H and O–H groups in total. The fourth-order valence-electron chi connectivity index (χ4n) is 3.03. The van der Waals surface area contributed by atoms with Crippen molar-refractivity contribution in [3.8, 4) is 0 Å². The number of hydrogen-bond donors (Lipinski definition) is 0. The monoisotopic (exact) mass is 384 g/mol. The van der Waals surface area contributed by atoms with E-state index in [0.717, 1.165) is 0 Å². The molecule has 1 nitrogen and oxygen atoms in total. The molecule has 0 unspecified atom stereocenters. The van der Waals surface area contributed by atoms with Crippen molar-refractivity contribution in [2.75, 3.05) is 6.66 Å². The SMILES string of the molecule is CC1(C)OP(C)(I)(c2ccccc2)c2ccccc21. The quantitative estimate of drug-likeness (QED) is 0.525. The Bertz CT molecular complexity index is 634. The molecule has 1 heterocycles. The average Bonchev–Trinajstić information content (AvgIpc) is 2.56. The summed E-state index contributed by atoms with van der Waals surface area (Å²) in [5, 5.41) is 2.69. The van der Waals surface area contributed by atoms with E-state index in [0.29, 0.717) is 0 Å². The van der Waals surface area contributed by atoms with E-state index in [9.17, 15) is 0 Å². The second kappa shape index (κ2) is 4.03. The van der Waals surface area contributed by atoms with Crippen LogP contribution in [0.5, 0.6) is 0 Å². The fraction of sp³-hybridized carbons (Fsp3) is 0.250. The van der Waals surface area contributed by atoms with Crippen molar-refractivity contribution in [3.63, 3.8) is 0 Å². The summed E-state index contributed by atoms with van der Waals surface area (Å²) in [6, 6.07) is 19.3. The van der Waals surface area contributed by atoms with Crippen LogP contribution >= 0.6 is 26.5 Å². The summed E-state index contributed by atoms with van der Waals surface area (Å²) in [5.74, 6) is 0. The van der Waals surface area contributed by atoms with Crippen molar-refractivity contribution in [2.24, 2.45) is 0 Å². The summed E-state index contributed by atoms with van der Waals surface area (Å²) in [6.45, 7) is 6.64. The van der Waals surface area contributed by atoms with E-state index < -0.39 is 4.47 Å². The van der Waals surface area contributed by atoms with Crippen molar-refractivity contribution in [1.82, 2.24) is 0 Å². The van der Waals surface area contributed by atoms with Gasteiger partial charge in [0, 0.05) is 0 Å². The van der Waals surface area contributed by atoms with Crippen LogP contribution in [-0.4, -0.2) is 6.66 Å². The minimum absolute atomic E-state index is 0.222. The third-order valence-corrected chi connectivity index (χ3v) is 11.6. The molecule has 0 saturated heterocycles. The molecule has 3 rings (SSSR count). The number of fused-ring (bicyclic) bond motifs is 1. The molecule has 0 atom stereocenters. The fourth-order valence-corrected chi connectivity index (χ4v) is 10.6. The van der Waals surface area contributed by atoms with E-state index in [-0.39, 0.29) is 5.60 Å². The van der Waals surface area contributed by atoms with Crippen molar-refractivity contribution in [3.05, 3.63) is 60.2 Å². The third-order valence-electron chi connectivity index (χ3n) is 3.90. The van der Waals surface area contributed by atoms with E-state index in [1.807, 2.05) is 0 Å². The van der Waals surface area contributed by atoms with Gasteiger partial charge in [0.05, 0.1) is 0 Å². The summed E-state index contributed by atoms with van der Waals surface area (Å²) < 4.78 is 4.16. The summed E-state index contributed by atoms with van der Waals surface area (Å²) in [5.41, 5.74) is 1.11. The zero-order chi connectivity index (χ0) is 13.8. The molecule has 2 aromatic rings. The van der Waals surface area contributed by atoms with Gasteiger partial charge < -0.3 is 0 Å². The second-order valence-corrected chi connectivity index (χ2v) is 16.6. The van der Waals surface area contributed by atoms with Crippen molar-refractivity contribution < 1.29 is 4.52 Å². The van der Waals surface area contributed by atoms with Crippen molar-refractivity contribution in [1.29, 1.82) is 0 Å². The van der Waals surface area contributed by atoms with Crippen LogP contribution in [0.15, 0.2) is 54.6 Å². The summed E-state index contributed by atoms with van der Waals surface area (Å²) >= 11 is 2.59. The van der Waals surface area contributed by atoms with Gasteiger partial charge in [-0.15, -0.1) is 0 Å². The Kier molecular flexibility index (Phi) is 2.87. The molecular formula is C16H18IOP. The number of hydrogen-bond acceptors (Lipinski definition) is 1. The first-order valence-corrected chi connectivity index (χ1v) is 11.8. The van der Waals surface area contributed by atoms with Gasteiger partial charge in [-0.05, 0) is 0 Å². The predicted molar refractivity (Wildman–Crippen MR) is 93.1 cm³/mol. The first-order valence-electron chi connectivity index (χ1n) is 6.44. The molecule has 1 aliphatic rings. The Balaban J connectivity index is 2.33. The van der Waals surface area contributed by atoms with E-state index >= 15 is 0 Å². The number of benzene rings is 2. The molecule has 0 radical (unpaired) electrons. The predicted octanol–water partition coefficient (Wildman–Crippen LogP) is 4.35. The van der Waals surface area contributed by atoms with E-state index in [1.165, 1.54) is 16.2 Å². The summed E-state index contributed by atoms with van der Waals surface area (Å²) in [4.78, 5) is 0. The molecule has 19 heavy (non-hydrogen) atoms. The van der Waals surface area contributed by atoms with Gasteiger partial charge in [-0.1, -0.05) is 0 Å². The molecule has 2 aromatic carbocycles. The molecule has 0 amide bonds. The van der Waals surface area contributed by atoms with Gasteiger partial charge in [0.1, 0.15) is 0 Å². The van der Waals surface area contributed by atoms with Gasteiger partial charge in [-0.3, -0.25) is 0 Å². The van der Waals surface area contributed by atoms with Crippen LogP contribution in [0.3, 0.4) is 0 Å². The van der Waals surface area contributed by atoms with Crippen LogP contribution < -0.4 is 10.6 Å². The zero-order valence-corrected chi connectivity index (χ0v) is 14.5. The van der Waals surface area contributed by atoms with Crippen LogP contribution in [0.25, 0.3) is 0 Å². The molecular weight excluding hydrogens is 366 g/mol. The van der Waals surface area contributed by atoms with E-state index in [1.54, 1.807) is 0 Å². The van der Waals surface area contributed by atoms with Gasteiger partial charge in [-0.25, -0.2) is 0 Å². The van der Waals surface area contributed by atoms with Crippen LogP contribution in [0.2, 0.25) is 0 Å². The molecule has 0 saturated carbocycles. The molecule has 0 aliphatic carbocycles. The molecule has 0 spiro atoms. The Hall–Kier alpha value is -0.440. The van der Waals surface area contributed by atoms with Gasteiger partial charge in [0.25, 0.3) is 0 Å². The van der Waals surface area contributed by atoms with Crippen LogP contribution in [-0.2, 0) is 10.1 Å². The van der Waals surface area contributed by atoms with Gasteiger partial charge in [0.15, 0.2) is 0 Å². The summed E-state index contributed by atoms with van der Waals surface area (Å²) in [6.07, 6.45) is 0. The number of halogens is 1. The minimum atomic E-state index is -2.54. The van der Waals surface area contributed by atoms with Gasteiger partial charge in [-0.2, -0.15) is 0 Å². The second-order valence-electron chi connectivity index (χ2n) is 5.79. The molecule has 0 aromatic heterocycles. The topological polar surface area (TPSA) is 9.23 Å². The van der Waals surface area contributed by atoms with E-state index in [4.69, 9.17) is 4.52 Å². The number of rotatable bonds is 1. The Morgan fingerprint density at radius 2 is 1.53 bits per heavy atom. The standard InChI is InChI=1S/C16H18IOP/c1-16(2)14-11-7-8-12-15(14)19(3,17,18-16)13-9-5-4-6-10-13/h4-12H,1-3H3. The zero-order valence-electron chi connectivity index (χ0n) is 11.4. The van der Waals surface area contributed by atoms with Crippen LogP contribution in [0, 0.1) is 0 Å². The first kappa shape index (κ1) is 13.5. The van der Waals surface area contributed by atoms with Crippen molar-refractivity contribution >= 4 is 37.1 Å². The molecule has 0 fully saturated rings. The maximum absolute atomic E-state index is 6.70. The Labute approximate surface area is 127 Å². The molecule has 1 aliphatic heterocycles. The van der Waals surface area contributed by atoms with E-state index in [2.05, 4.69) is 97.2 Å². The van der Waals surface area contributed by atoms with Gasteiger partial charge >= 0.3 is 128 Å². The normalized spacial score (nSPS) is 24.1. The Morgan fingerprint density at radius 3 is 2.21 bits per heavy atom. The molecule has 3 heteroatoms. The van der Waals surface area contributed by atoms with Crippen molar-refractivity contribution in [2.45, 2.75) is 19.4 Å². The van der Waals surface area contributed by atoms with Crippen LogP contribution in [0.1, 0.15) is 19.4 Å². The molecule has 100 valence electrons. The Morgan fingerprint density at radius 1 is 0.947 bits per heavy atom. The molecule has 0 bridgehead atoms. The maximum atomic E-state index is 6.70.